The van der Waals surface area contributed by atoms with Gasteiger partial charge < -0.3 is 10.6 Å². The Hall–Kier alpha value is -0.850. The first-order chi connectivity index (χ1) is 7.54. The lowest BCUT2D eigenvalue weighted by Crippen LogP contribution is -2.43. The fourth-order valence-electron chi connectivity index (χ4n) is 0.933. The summed E-state index contributed by atoms with van der Waals surface area (Å²) in [6.45, 7) is 4.62. The van der Waals surface area contributed by atoms with Crippen LogP contribution < -0.4 is 10.6 Å². The predicted octanol–water partition coefficient (Wildman–Crippen LogP) is 1.78. The summed E-state index contributed by atoms with van der Waals surface area (Å²) in [5.74, 6) is -4.85. The SMILES string of the molecule is CC(C)(C)NCCC(=O)NCC(F)(F)C(F)F. The number of carbonyl (C=O) groups excluding carboxylic acids is 1. The third-order valence-corrected chi connectivity index (χ3v) is 1.85. The van der Waals surface area contributed by atoms with Crippen molar-refractivity contribution >= 4 is 5.91 Å². The molecule has 0 aromatic heterocycles. The summed E-state index contributed by atoms with van der Waals surface area (Å²) in [5, 5.41) is 4.76. The van der Waals surface area contributed by atoms with Crippen LogP contribution in [0.2, 0.25) is 0 Å². The van der Waals surface area contributed by atoms with Crippen molar-refractivity contribution in [1.82, 2.24) is 10.6 Å². The molecule has 0 aromatic rings. The number of halogens is 4. The summed E-state index contributed by atoms with van der Waals surface area (Å²) in [6.07, 6.45) is -3.80. The van der Waals surface area contributed by atoms with Gasteiger partial charge in [0.1, 0.15) is 0 Å². The minimum atomic E-state index is -4.17. The summed E-state index contributed by atoms with van der Waals surface area (Å²) in [4.78, 5) is 11.1. The molecule has 0 radical (unpaired) electrons. The number of alkyl halides is 4. The van der Waals surface area contributed by atoms with Crippen molar-refractivity contribution in [3.8, 4) is 0 Å². The summed E-state index contributed by atoms with van der Waals surface area (Å²) in [7, 11) is 0. The van der Waals surface area contributed by atoms with Gasteiger partial charge in [-0.25, -0.2) is 8.78 Å². The quantitative estimate of drug-likeness (QED) is 0.713. The lowest BCUT2D eigenvalue weighted by Gasteiger charge is -2.20. The minimum Gasteiger partial charge on any atom is -0.350 e. The Morgan fingerprint density at radius 3 is 2.18 bits per heavy atom. The number of nitrogens with one attached hydrogen (secondary N) is 2. The molecule has 0 unspecified atom stereocenters. The molecule has 0 aliphatic rings. The molecule has 0 saturated heterocycles. The Morgan fingerprint density at radius 2 is 1.76 bits per heavy atom. The highest BCUT2D eigenvalue weighted by Crippen LogP contribution is 2.21. The first-order valence-corrected chi connectivity index (χ1v) is 5.22. The fourth-order valence-corrected chi connectivity index (χ4v) is 0.933. The number of carbonyl (C=O) groups is 1. The molecule has 0 heterocycles. The molecule has 2 N–H and O–H groups in total. The highest BCUT2D eigenvalue weighted by atomic mass is 19.3. The van der Waals surface area contributed by atoms with Gasteiger partial charge in [0.05, 0.1) is 6.54 Å². The summed E-state index contributed by atoms with van der Waals surface area (Å²) < 4.78 is 48.4. The van der Waals surface area contributed by atoms with E-state index in [-0.39, 0.29) is 12.0 Å². The summed E-state index contributed by atoms with van der Waals surface area (Å²) >= 11 is 0. The van der Waals surface area contributed by atoms with Crippen molar-refractivity contribution in [2.75, 3.05) is 13.1 Å². The zero-order valence-corrected chi connectivity index (χ0v) is 10.1. The zero-order chi connectivity index (χ0) is 13.7. The van der Waals surface area contributed by atoms with Crippen molar-refractivity contribution < 1.29 is 22.4 Å². The second-order valence-electron chi connectivity index (χ2n) is 4.77. The highest BCUT2D eigenvalue weighted by Gasteiger charge is 2.40. The second kappa shape index (κ2) is 6.18. The van der Waals surface area contributed by atoms with Crippen LogP contribution in [0.5, 0.6) is 0 Å². The first kappa shape index (κ1) is 16.1. The molecule has 3 nitrogen and oxygen atoms in total. The van der Waals surface area contributed by atoms with E-state index in [4.69, 9.17) is 0 Å². The van der Waals surface area contributed by atoms with Crippen LogP contribution in [0, 0.1) is 0 Å². The standard InChI is InChI=1S/C10H18F4N2O/c1-9(2,3)16-5-4-7(17)15-6-10(13,14)8(11)12/h8,16H,4-6H2,1-3H3,(H,15,17). The second-order valence-corrected chi connectivity index (χ2v) is 4.77. The van der Waals surface area contributed by atoms with Crippen LogP contribution in [-0.4, -0.2) is 36.9 Å². The maximum Gasteiger partial charge on any atom is 0.324 e. The zero-order valence-electron chi connectivity index (χ0n) is 10.1. The first-order valence-electron chi connectivity index (χ1n) is 5.22. The number of rotatable bonds is 6. The summed E-state index contributed by atoms with van der Waals surface area (Å²) in [5.41, 5.74) is -0.187. The van der Waals surface area contributed by atoms with Gasteiger partial charge in [0.15, 0.2) is 0 Å². The van der Waals surface area contributed by atoms with Crippen LogP contribution in [0.25, 0.3) is 0 Å². The van der Waals surface area contributed by atoms with E-state index < -0.39 is 24.8 Å². The molecule has 0 rings (SSSR count). The third kappa shape index (κ3) is 7.95. The molecular formula is C10H18F4N2O. The molecule has 0 atom stereocenters. The lowest BCUT2D eigenvalue weighted by atomic mass is 10.1. The van der Waals surface area contributed by atoms with Crippen LogP contribution in [0.1, 0.15) is 27.2 Å². The van der Waals surface area contributed by atoms with Crippen molar-refractivity contribution in [3.05, 3.63) is 0 Å². The molecule has 102 valence electrons. The van der Waals surface area contributed by atoms with E-state index in [1.165, 1.54) is 0 Å². The van der Waals surface area contributed by atoms with E-state index in [1.807, 2.05) is 20.8 Å². The largest absolute Gasteiger partial charge is 0.350 e. The Labute approximate surface area is 97.9 Å². The van der Waals surface area contributed by atoms with E-state index >= 15 is 0 Å². The fraction of sp³-hybridized carbons (Fsp3) is 0.900. The average molecular weight is 258 g/mol. The Kier molecular flexibility index (Phi) is 5.87. The van der Waals surface area contributed by atoms with Gasteiger partial charge in [-0.2, -0.15) is 8.78 Å². The van der Waals surface area contributed by atoms with Crippen molar-refractivity contribution in [2.24, 2.45) is 0 Å². The Morgan fingerprint density at radius 1 is 1.24 bits per heavy atom. The third-order valence-electron chi connectivity index (χ3n) is 1.85. The molecule has 0 bridgehead atoms. The summed E-state index contributed by atoms with van der Waals surface area (Å²) in [6, 6.07) is 0. The molecule has 1 amide bonds. The van der Waals surface area contributed by atoms with Crippen molar-refractivity contribution in [2.45, 2.75) is 45.1 Å². The molecule has 0 aromatic carbocycles. The van der Waals surface area contributed by atoms with E-state index in [2.05, 4.69) is 5.32 Å². The van der Waals surface area contributed by atoms with E-state index in [0.29, 0.717) is 6.54 Å². The van der Waals surface area contributed by atoms with Crippen LogP contribution in [0.3, 0.4) is 0 Å². The molecule has 0 saturated carbocycles. The normalized spacial score (nSPS) is 12.9. The van der Waals surface area contributed by atoms with E-state index in [1.54, 1.807) is 5.32 Å². The minimum absolute atomic E-state index is 0.0312. The van der Waals surface area contributed by atoms with Crippen LogP contribution in [0.15, 0.2) is 0 Å². The van der Waals surface area contributed by atoms with Crippen molar-refractivity contribution in [1.29, 1.82) is 0 Å². The van der Waals surface area contributed by atoms with Gasteiger partial charge in [-0.3, -0.25) is 4.79 Å². The van der Waals surface area contributed by atoms with Crippen molar-refractivity contribution in [3.63, 3.8) is 0 Å². The molecule has 0 fully saturated rings. The maximum atomic E-state index is 12.4. The molecule has 0 spiro atoms. The number of hydrogen-bond donors (Lipinski definition) is 2. The van der Waals surface area contributed by atoms with E-state index in [9.17, 15) is 22.4 Å². The smallest absolute Gasteiger partial charge is 0.324 e. The molecular weight excluding hydrogens is 240 g/mol. The molecule has 7 heteroatoms. The van der Waals surface area contributed by atoms with Crippen LogP contribution in [0.4, 0.5) is 17.6 Å². The molecule has 17 heavy (non-hydrogen) atoms. The van der Waals surface area contributed by atoms with E-state index in [0.717, 1.165) is 0 Å². The highest BCUT2D eigenvalue weighted by molar-refractivity contribution is 5.76. The number of amides is 1. The maximum absolute atomic E-state index is 12.4. The van der Waals surface area contributed by atoms with Gasteiger partial charge in [0, 0.05) is 18.5 Å². The average Bonchev–Trinajstić information content (AvgIpc) is 2.12. The van der Waals surface area contributed by atoms with Crippen LogP contribution >= 0.6 is 0 Å². The van der Waals surface area contributed by atoms with Gasteiger partial charge in [0.2, 0.25) is 5.91 Å². The van der Waals surface area contributed by atoms with Gasteiger partial charge in [-0.15, -0.1) is 0 Å². The van der Waals surface area contributed by atoms with Gasteiger partial charge in [0.25, 0.3) is 0 Å². The van der Waals surface area contributed by atoms with Gasteiger partial charge >= 0.3 is 12.3 Å². The van der Waals surface area contributed by atoms with Crippen LogP contribution in [-0.2, 0) is 4.79 Å². The van der Waals surface area contributed by atoms with Gasteiger partial charge in [-0.1, -0.05) is 0 Å². The van der Waals surface area contributed by atoms with Gasteiger partial charge in [-0.05, 0) is 20.8 Å². The molecule has 0 aliphatic carbocycles. The Bertz CT molecular complexity index is 251. The number of hydrogen-bond acceptors (Lipinski definition) is 2. The monoisotopic (exact) mass is 258 g/mol. The predicted molar refractivity (Wildman–Crippen MR) is 56.3 cm³/mol. The topological polar surface area (TPSA) is 41.1 Å². The molecule has 0 aliphatic heterocycles. The lowest BCUT2D eigenvalue weighted by molar-refractivity contribution is -0.136. The Balaban J connectivity index is 3.82.